The lowest BCUT2D eigenvalue weighted by atomic mass is 10.1. The van der Waals surface area contributed by atoms with Crippen molar-refractivity contribution in [1.82, 2.24) is 25.1 Å². The van der Waals surface area contributed by atoms with Gasteiger partial charge in [0.15, 0.2) is 5.69 Å². The Bertz CT molecular complexity index is 1140. The zero-order valence-electron chi connectivity index (χ0n) is 14.4. The first-order valence-corrected chi connectivity index (χ1v) is 9.33. The van der Waals surface area contributed by atoms with Gasteiger partial charge < -0.3 is 9.26 Å². The van der Waals surface area contributed by atoms with E-state index >= 15 is 0 Å². The lowest BCUT2D eigenvalue weighted by Crippen LogP contribution is -2.22. The summed E-state index contributed by atoms with van der Waals surface area (Å²) >= 11 is 12.2. The van der Waals surface area contributed by atoms with Gasteiger partial charge in [-0.25, -0.2) is 4.68 Å². The molecule has 0 fully saturated rings. The molecule has 0 radical (unpaired) electrons. The van der Waals surface area contributed by atoms with E-state index in [1.165, 1.54) is 0 Å². The van der Waals surface area contributed by atoms with Gasteiger partial charge in [-0.15, -0.1) is 5.10 Å². The van der Waals surface area contributed by atoms with Crippen LogP contribution in [-0.2, 0) is 17.9 Å². The number of benzene rings is 2. The van der Waals surface area contributed by atoms with E-state index in [2.05, 4.69) is 20.5 Å². The number of nitrogens with zero attached hydrogens (tertiary/aromatic N) is 5. The van der Waals surface area contributed by atoms with Gasteiger partial charge in [0, 0.05) is 10.6 Å². The molecule has 9 heteroatoms. The molecule has 0 unspecified atom stereocenters. The molecule has 0 aliphatic carbocycles. The highest BCUT2D eigenvalue weighted by atomic mass is 35.5. The standard InChI is InChI=1S/C19H13Cl2N5O2/c20-12-7-5-11(6-8-12)16-9-26-15(10-27-16)17(23-25-26)19-22-18(24-28-19)13-3-1-2-4-14(13)21/h1-8,16H,9-10H2/t16-/m1/s1. The predicted octanol–water partition coefficient (Wildman–Crippen LogP) is 4.57. The van der Waals surface area contributed by atoms with Crippen molar-refractivity contribution in [3.05, 3.63) is 69.8 Å². The van der Waals surface area contributed by atoms with Gasteiger partial charge in [0.05, 0.1) is 23.9 Å². The minimum atomic E-state index is -0.124. The van der Waals surface area contributed by atoms with Crippen molar-refractivity contribution < 1.29 is 9.26 Å². The Morgan fingerprint density at radius 3 is 2.68 bits per heavy atom. The normalized spacial score (nSPS) is 16.1. The molecular formula is C19H13Cl2N5O2. The Kier molecular flexibility index (Phi) is 4.35. The van der Waals surface area contributed by atoms with Crippen LogP contribution in [-0.4, -0.2) is 25.1 Å². The molecule has 2 aromatic carbocycles. The van der Waals surface area contributed by atoms with Gasteiger partial charge in [0.2, 0.25) is 5.82 Å². The predicted molar refractivity (Wildman–Crippen MR) is 103 cm³/mol. The molecule has 1 aliphatic heterocycles. The van der Waals surface area contributed by atoms with Crippen LogP contribution < -0.4 is 0 Å². The van der Waals surface area contributed by atoms with Gasteiger partial charge in [-0.2, -0.15) is 4.98 Å². The van der Waals surface area contributed by atoms with E-state index in [0.29, 0.717) is 40.3 Å². The second-order valence-electron chi connectivity index (χ2n) is 6.32. The largest absolute Gasteiger partial charge is 0.365 e. The maximum atomic E-state index is 6.21. The van der Waals surface area contributed by atoms with E-state index in [9.17, 15) is 0 Å². The van der Waals surface area contributed by atoms with Crippen LogP contribution >= 0.6 is 23.2 Å². The monoisotopic (exact) mass is 413 g/mol. The minimum Gasteiger partial charge on any atom is -0.365 e. The highest BCUT2D eigenvalue weighted by Gasteiger charge is 2.28. The zero-order chi connectivity index (χ0) is 19.1. The topological polar surface area (TPSA) is 78.9 Å². The SMILES string of the molecule is Clc1ccc([C@H]2Cn3nnc(-c4nc(-c5ccccc5Cl)no4)c3CO2)cc1. The average molecular weight is 414 g/mol. The third-order valence-electron chi connectivity index (χ3n) is 4.58. The molecule has 5 rings (SSSR count). The van der Waals surface area contributed by atoms with Gasteiger partial charge in [-0.05, 0) is 29.8 Å². The number of ether oxygens (including phenoxy) is 1. The first kappa shape index (κ1) is 17.4. The van der Waals surface area contributed by atoms with Crippen molar-refractivity contribution in [1.29, 1.82) is 0 Å². The van der Waals surface area contributed by atoms with Crippen LogP contribution in [0.4, 0.5) is 0 Å². The second kappa shape index (κ2) is 7.01. The summed E-state index contributed by atoms with van der Waals surface area (Å²) in [6.45, 7) is 0.870. The van der Waals surface area contributed by atoms with Crippen molar-refractivity contribution in [2.24, 2.45) is 0 Å². The van der Waals surface area contributed by atoms with E-state index in [0.717, 1.165) is 11.3 Å². The molecule has 0 saturated heterocycles. The third kappa shape index (κ3) is 3.07. The summed E-state index contributed by atoms with van der Waals surface area (Å²) in [5, 5.41) is 13.7. The Hall–Kier alpha value is -2.74. The lowest BCUT2D eigenvalue weighted by Gasteiger charge is -2.24. The van der Waals surface area contributed by atoms with Crippen LogP contribution in [0.2, 0.25) is 10.0 Å². The number of rotatable bonds is 3. The summed E-state index contributed by atoms with van der Waals surface area (Å²) in [6.07, 6.45) is -0.124. The van der Waals surface area contributed by atoms with E-state index in [-0.39, 0.29) is 12.0 Å². The molecule has 0 amide bonds. The second-order valence-corrected chi connectivity index (χ2v) is 7.16. The molecule has 140 valence electrons. The van der Waals surface area contributed by atoms with Gasteiger partial charge in [-0.3, -0.25) is 0 Å². The van der Waals surface area contributed by atoms with E-state index in [1.54, 1.807) is 10.7 Å². The quantitative estimate of drug-likeness (QED) is 0.489. The van der Waals surface area contributed by atoms with Crippen LogP contribution in [0.25, 0.3) is 23.0 Å². The van der Waals surface area contributed by atoms with Crippen molar-refractivity contribution in [2.75, 3.05) is 0 Å². The summed E-state index contributed by atoms with van der Waals surface area (Å²) in [7, 11) is 0. The molecule has 0 saturated carbocycles. The van der Waals surface area contributed by atoms with Crippen LogP contribution in [0.5, 0.6) is 0 Å². The summed E-state index contributed by atoms with van der Waals surface area (Å²) in [4.78, 5) is 4.43. The summed E-state index contributed by atoms with van der Waals surface area (Å²) < 4.78 is 13.2. The maximum Gasteiger partial charge on any atom is 0.280 e. The van der Waals surface area contributed by atoms with Crippen molar-refractivity contribution in [3.8, 4) is 23.0 Å². The zero-order valence-corrected chi connectivity index (χ0v) is 15.9. The fourth-order valence-electron chi connectivity index (χ4n) is 3.13. The summed E-state index contributed by atoms with van der Waals surface area (Å²) in [6, 6.07) is 14.9. The van der Waals surface area contributed by atoms with E-state index < -0.39 is 0 Å². The van der Waals surface area contributed by atoms with Crippen LogP contribution in [0.3, 0.4) is 0 Å². The van der Waals surface area contributed by atoms with Crippen molar-refractivity contribution in [3.63, 3.8) is 0 Å². The highest BCUT2D eigenvalue weighted by Crippen LogP contribution is 2.32. The Morgan fingerprint density at radius 2 is 1.86 bits per heavy atom. The molecular weight excluding hydrogens is 401 g/mol. The fraction of sp³-hybridized carbons (Fsp3) is 0.158. The number of fused-ring (bicyclic) bond motifs is 1. The van der Waals surface area contributed by atoms with Gasteiger partial charge in [0.1, 0.15) is 6.10 Å². The lowest BCUT2D eigenvalue weighted by molar-refractivity contribution is -0.00117. The number of hydrogen-bond donors (Lipinski definition) is 0. The molecule has 0 spiro atoms. The van der Waals surface area contributed by atoms with E-state index in [1.807, 2.05) is 42.5 Å². The Morgan fingerprint density at radius 1 is 1.04 bits per heavy atom. The Balaban J connectivity index is 1.43. The average Bonchev–Trinajstić information content (AvgIpc) is 3.35. The highest BCUT2D eigenvalue weighted by molar-refractivity contribution is 6.33. The molecule has 0 bridgehead atoms. The fourth-order valence-corrected chi connectivity index (χ4v) is 3.47. The first-order valence-electron chi connectivity index (χ1n) is 8.57. The van der Waals surface area contributed by atoms with Crippen LogP contribution in [0.1, 0.15) is 17.4 Å². The smallest absolute Gasteiger partial charge is 0.280 e. The van der Waals surface area contributed by atoms with Crippen LogP contribution in [0.15, 0.2) is 53.1 Å². The molecule has 7 nitrogen and oxygen atoms in total. The molecule has 4 aromatic rings. The molecule has 0 N–H and O–H groups in total. The minimum absolute atomic E-state index is 0.124. The molecule has 2 aromatic heterocycles. The third-order valence-corrected chi connectivity index (χ3v) is 5.16. The van der Waals surface area contributed by atoms with E-state index in [4.69, 9.17) is 32.5 Å². The van der Waals surface area contributed by atoms with Gasteiger partial charge >= 0.3 is 0 Å². The summed E-state index contributed by atoms with van der Waals surface area (Å²) in [5.41, 5.74) is 3.03. The van der Waals surface area contributed by atoms with Gasteiger partial charge in [0.25, 0.3) is 5.89 Å². The number of halogens is 2. The van der Waals surface area contributed by atoms with Crippen LogP contribution in [0, 0.1) is 0 Å². The Labute approximate surface area is 169 Å². The first-order chi connectivity index (χ1) is 13.7. The molecule has 1 atom stereocenters. The van der Waals surface area contributed by atoms with Crippen molar-refractivity contribution >= 4 is 23.2 Å². The molecule has 3 heterocycles. The number of hydrogen-bond acceptors (Lipinski definition) is 6. The molecule has 28 heavy (non-hydrogen) atoms. The summed E-state index contributed by atoms with van der Waals surface area (Å²) in [5.74, 6) is 0.683. The molecule has 1 aliphatic rings. The van der Waals surface area contributed by atoms with Crippen molar-refractivity contribution in [2.45, 2.75) is 19.3 Å². The number of aromatic nitrogens is 5. The maximum absolute atomic E-state index is 6.21. The van der Waals surface area contributed by atoms with Gasteiger partial charge in [-0.1, -0.05) is 57.8 Å².